The van der Waals surface area contributed by atoms with Crippen LogP contribution >= 0.6 is 15.9 Å². The van der Waals surface area contributed by atoms with Crippen molar-refractivity contribution >= 4 is 27.5 Å². The van der Waals surface area contributed by atoms with Crippen molar-refractivity contribution in [2.75, 3.05) is 0 Å². The van der Waals surface area contributed by atoms with E-state index in [-0.39, 0.29) is 16.4 Å². The molecule has 36 heavy (non-hydrogen) atoms. The molecule has 1 atom stereocenters. The molecular weight excluding hydrogens is 512 g/mol. The van der Waals surface area contributed by atoms with Crippen LogP contribution < -0.4 is 5.73 Å². The minimum absolute atomic E-state index is 0.115. The third-order valence-corrected chi connectivity index (χ3v) is 7.00. The summed E-state index contributed by atoms with van der Waals surface area (Å²) in [5.74, 6) is 1.33. The lowest BCUT2D eigenvalue weighted by Gasteiger charge is -2.15. The summed E-state index contributed by atoms with van der Waals surface area (Å²) in [6.07, 6.45) is 0. The molecule has 0 aliphatic heterocycles. The number of alkyl halides is 1. The molecule has 0 radical (unpaired) electrons. The van der Waals surface area contributed by atoms with Crippen LogP contribution in [0.3, 0.4) is 0 Å². The molecule has 0 saturated carbocycles. The lowest BCUT2D eigenvalue weighted by Crippen LogP contribution is -2.15. The maximum absolute atomic E-state index is 12.0. The Morgan fingerprint density at radius 1 is 0.861 bits per heavy atom. The average Bonchev–Trinajstić information content (AvgIpc) is 3.08. The number of halogens is 1. The van der Waals surface area contributed by atoms with E-state index in [1.54, 1.807) is 0 Å². The molecule has 0 bridgehead atoms. The largest absolute Gasteiger partial charge is 0.388 e. The molecule has 1 unspecified atom stereocenters. The van der Waals surface area contributed by atoms with Crippen LogP contribution in [0.15, 0.2) is 12.1 Å². The van der Waals surface area contributed by atoms with Crippen LogP contribution in [-0.4, -0.2) is 26.4 Å². The molecule has 0 spiro atoms. The molecule has 1 heterocycles. The first-order chi connectivity index (χ1) is 16.5. The summed E-state index contributed by atoms with van der Waals surface area (Å²) >= 11 is 3.34. The van der Waals surface area contributed by atoms with Crippen LogP contribution in [0.4, 0.5) is 0 Å². The fourth-order valence-electron chi connectivity index (χ4n) is 4.21. The molecule has 6 heteroatoms. The molecule has 0 saturated heterocycles. The van der Waals surface area contributed by atoms with Gasteiger partial charge in [0, 0.05) is 16.8 Å². The summed E-state index contributed by atoms with van der Waals surface area (Å²) in [4.78, 5) is 19.8. The van der Waals surface area contributed by atoms with Crippen LogP contribution in [0.5, 0.6) is 0 Å². The third-order valence-electron chi connectivity index (χ3n) is 6.58. The molecule has 5 nitrogen and oxygen atoms in total. The molecule has 4 N–H and O–H groups in total. The number of Topliss-reactive ketones (excluding diaryl/α,β-unsaturated/α-hetero) is 1. The number of nitrogens with two attached hydrogens (primary N) is 1. The van der Waals surface area contributed by atoms with Crippen LogP contribution in [0, 0.1) is 74.6 Å². The predicted molar refractivity (Wildman–Crippen MR) is 158 cm³/mol. The number of aryl methyl sites for hydroxylation is 6. The van der Waals surface area contributed by atoms with E-state index in [0.717, 1.165) is 33.9 Å². The zero-order valence-corrected chi connectivity index (χ0v) is 25.6. The summed E-state index contributed by atoms with van der Waals surface area (Å²) in [6, 6.07) is 4.39. The number of hydrogen-bond donors (Lipinski definition) is 3. The molecule has 0 aliphatic carbocycles. The van der Waals surface area contributed by atoms with E-state index < -0.39 is 0 Å². The number of imidazole rings is 1. The SMILES string of the molecule is CC(=N)N.Cc1cc(C)c(C)c(C(=O)C(C)Br)c1C.Cc1nc(-c2c(C)c(C)cc(C)c2C)c(C)[nH]1. The maximum Gasteiger partial charge on any atom is 0.176 e. The number of amidine groups is 1. The van der Waals surface area contributed by atoms with Gasteiger partial charge in [-0.2, -0.15) is 0 Å². The van der Waals surface area contributed by atoms with Gasteiger partial charge in [-0.25, -0.2) is 4.98 Å². The molecule has 1 aromatic heterocycles. The van der Waals surface area contributed by atoms with E-state index in [4.69, 9.17) is 11.1 Å². The lowest BCUT2D eigenvalue weighted by molar-refractivity contribution is 0.0994. The Kier molecular flexibility index (Phi) is 11.3. The number of ketones is 1. The monoisotopic (exact) mass is 554 g/mol. The quantitative estimate of drug-likeness (QED) is 0.133. The van der Waals surface area contributed by atoms with Crippen molar-refractivity contribution in [1.82, 2.24) is 9.97 Å². The van der Waals surface area contributed by atoms with Gasteiger partial charge in [-0.1, -0.05) is 28.1 Å². The first-order valence-electron chi connectivity index (χ1n) is 12.2. The number of aromatic amines is 1. The van der Waals surface area contributed by atoms with E-state index in [2.05, 4.69) is 86.5 Å². The number of nitrogens with zero attached hydrogens (tertiary/aromatic N) is 1. The number of carbonyl (C=O) groups excluding carboxylic acids is 1. The summed E-state index contributed by atoms with van der Waals surface area (Å²) in [5, 5.41) is 6.28. The topological polar surface area (TPSA) is 95.6 Å². The van der Waals surface area contributed by atoms with Crippen molar-refractivity contribution in [2.24, 2.45) is 5.73 Å². The zero-order chi connectivity index (χ0) is 28.1. The van der Waals surface area contributed by atoms with Crippen LogP contribution in [0.2, 0.25) is 0 Å². The number of carbonyl (C=O) groups is 1. The van der Waals surface area contributed by atoms with Gasteiger partial charge >= 0.3 is 0 Å². The highest BCUT2D eigenvalue weighted by molar-refractivity contribution is 9.10. The highest BCUT2D eigenvalue weighted by Gasteiger charge is 2.19. The minimum atomic E-state index is -0.115. The number of hydrogen-bond acceptors (Lipinski definition) is 3. The van der Waals surface area contributed by atoms with Gasteiger partial charge in [0.15, 0.2) is 5.78 Å². The highest BCUT2D eigenvalue weighted by Crippen LogP contribution is 2.32. The van der Waals surface area contributed by atoms with Gasteiger partial charge in [0.1, 0.15) is 5.82 Å². The predicted octanol–water partition coefficient (Wildman–Crippen LogP) is 7.76. The highest BCUT2D eigenvalue weighted by atomic mass is 79.9. The van der Waals surface area contributed by atoms with Gasteiger partial charge in [0.05, 0.1) is 16.4 Å². The molecule has 196 valence electrons. The van der Waals surface area contributed by atoms with Crippen LogP contribution in [0.1, 0.15) is 80.2 Å². The summed E-state index contributed by atoms with van der Waals surface area (Å²) in [5.41, 5.74) is 19.1. The van der Waals surface area contributed by atoms with Gasteiger partial charge in [-0.05, 0) is 128 Å². The van der Waals surface area contributed by atoms with Crippen molar-refractivity contribution in [2.45, 2.75) is 87.9 Å². The van der Waals surface area contributed by atoms with Gasteiger partial charge < -0.3 is 10.7 Å². The molecule has 0 amide bonds. The van der Waals surface area contributed by atoms with Gasteiger partial charge in [-0.3, -0.25) is 10.2 Å². The number of aromatic nitrogens is 2. The van der Waals surface area contributed by atoms with Crippen molar-refractivity contribution in [3.8, 4) is 11.3 Å². The molecule has 0 aliphatic rings. The smallest absolute Gasteiger partial charge is 0.176 e. The molecule has 0 fully saturated rings. The second kappa shape index (κ2) is 13.0. The van der Waals surface area contributed by atoms with Crippen molar-refractivity contribution in [3.05, 3.63) is 73.7 Å². The fourth-order valence-corrected chi connectivity index (χ4v) is 4.44. The number of nitrogens with one attached hydrogen (secondary N) is 2. The van der Waals surface area contributed by atoms with Crippen molar-refractivity contribution in [3.63, 3.8) is 0 Å². The first-order valence-corrected chi connectivity index (χ1v) is 13.1. The standard InChI is InChI=1S/C15H20N2.C13H17BrO.C2H6N2/c1-8-7-9(2)11(4)14(10(8)3)15-12(5)16-13(6)17-15;1-7-6-8(2)10(4)12(9(7)3)13(15)11(5)14;1-2(3)4/h7H,1-6H3,(H,16,17);6,11H,1-5H3;1H3,(H3,3,4). The van der Waals surface area contributed by atoms with Gasteiger partial charge in [0.2, 0.25) is 0 Å². The van der Waals surface area contributed by atoms with Crippen LogP contribution in [0.25, 0.3) is 11.3 Å². The number of H-pyrrole nitrogens is 1. The van der Waals surface area contributed by atoms with Crippen LogP contribution in [-0.2, 0) is 0 Å². The van der Waals surface area contributed by atoms with Crippen molar-refractivity contribution < 1.29 is 4.79 Å². The Bertz CT molecular complexity index is 1210. The van der Waals surface area contributed by atoms with E-state index in [1.165, 1.54) is 45.9 Å². The average molecular weight is 556 g/mol. The maximum atomic E-state index is 12.0. The second-order valence-corrected chi connectivity index (χ2v) is 11.1. The minimum Gasteiger partial charge on any atom is -0.388 e. The fraction of sp³-hybridized carbons (Fsp3) is 0.433. The number of rotatable bonds is 3. The summed E-state index contributed by atoms with van der Waals surface area (Å²) in [7, 11) is 0. The Hall–Kier alpha value is -2.73. The Labute approximate surface area is 226 Å². The van der Waals surface area contributed by atoms with E-state index in [9.17, 15) is 4.79 Å². The molecule has 3 aromatic rings. The van der Waals surface area contributed by atoms with Crippen molar-refractivity contribution in [1.29, 1.82) is 5.41 Å². The number of benzene rings is 2. The first kappa shape index (κ1) is 31.3. The Morgan fingerprint density at radius 2 is 1.22 bits per heavy atom. The normalized spacial score (nSPS) is 11.1. The van der Waals surface area contributed by atoms with E-state index >= 15 is 0 Å². The third kappa shape index (κ3) is 7.63. The molecule has 3 rings (SSSR count). The lowest BCUT2D eigenvalue weighted by atomic mass is 9.91. The molecule has 2 aromatic carbocycles. The van der Waals surface area contributed by atoms with E-state index in [0.29, 0.717) is 0 Å². The summed E-state index contributed by atoms with van der Waals surface area (Å²) < 4.78 is 0. The Morgan fingerprint density at radius 3 is 1.53 bits per heavy atom. The second-order valence-electron chi connectivity index (χ2n) is 9.73. The summed E-state index contributed by atoms with van der Waals surface area (Å²) in [6.45, 7) is 24.3. The van der Waals surface area contributed by atoms with Gasteiger partial charge in [-0.15, -0.1) is 0 Å². The molecular formula is C30H43BrN4O. The Balaban J connectivity index is 0.000000316. The van der Waals surface area contributed by atoms with E-state index in [1.807, 2.05) is 27.7 Å². The zero-order valence-electron chi connectivity index (χ0n) is 24.0. The van der Waals surface area contributed by atoms with Gasteiger partial charge in [0.25, 0.3) is 0 Å².